The van der Waals surface area contributed by atoms with Crippen LogP contribution in [0, 0.1) is 11.8 Å². The van der Waals surface area contributed by atoms with Crippen LogP contribution in [-0.2, 0) is 16.1 Å². The number of anilines is 2. The zero-order valence-corrected chi connectivity index (χ0v) is 23.3. The first-order valence-electron chi connectivity index (χ1n) is 14.0. The Balaban J connectivity index is 1.30. The van der Waals surface area contributed by atoms with Crippen LogP contribution in [0.25, 0.3) is 22.4 Å². The van der Waals surface area contributed by atoms with Gasteiger partial charge < -0.3 is 10.4 Å². The standard InChI is InChI=1S/C30H33N5O4S/c1-34-26-13-20(15-31-24(26)16-32-29(34)39)22-8-4-5-9-23(22)25-17-40-30(33-25)35(21-10-11-21)28(38)19(14-27(36)37)12-18-6-2-3-7-18/h4-5,8-9,13,15,17-19,21H,2-3,6-7,10-12,14,16H2,1H3,(H,32,39)(H,36,37). The van der Waals surface area contributed by atoms with E-state index < -0.39 is 11.9 Å². The number of thiazole rings is 1. The Morgan fingerprint density at radius 3 is 2.65 bits per heavy atom. The van der Waals surface area contributed by atoms with Crippen molar-refractivity contribution in [2.45, 2.75) is 64.0 Å². The summed E-state index contributed by atoms with van der Waals surface area (Å²) in [5, 5.41) is 15.0. The van der Waals surface area contributed by atoms with Crippen LogP contribution in [0.3, 0.4) is 0 Å². The number of carboxylic acids is 1. The molecule has 0 bridgehead atoms. The molecule has 0 saturated heterocycles. The van der Waals surface area contributed by atoms with Crippen LogP contribution in [0.15, 0.2) is 41.9 Å². The monoisotopic (exact) mass is 559 g/mol. The zero-order chi connectivity index (χ0) is 27.8. The number of carbonyl (C=O) groups is 3. The van der Waals surface area contributed by atoms with E-state index >= 15 is 0 Å². The predicted octanol–water partition coefficient (Wildman–Crippen LogP) is 5.70. The second-order valence-electron chi connectivity index (χ2n) is 11.1. The van der Waals surface area contributed by atoms with Gasteiger partial charge in [0.15, 0.2) is 5.13 Å². The number of nitrogens with zero attached hydrogens (tertiary/aromatic N) is 4. The minimum atomic E-state index is -0.928. The fourth-order valence-corrected chi connectivity index (χ4v) is 6.89. The van der Waals surface area contributed by atoms with Gasteiger partial charge in [0, 0.05) is 41.7 Å². The van der Waals surface area contributed by atoms with E-state index in [2.05, 4.69) is 10.3 Å². The first kappa shape index (κ1) is 26.4. The highest BCUT2D eigenvalue weighted by atomic mass is 32.1. The second kappa shape index (κ2) is 11.0. The Morgan fingerprint density at radius 1 is 1.18 bits per heavy atom. The molecule has 10 heteroatoms. The Morgan fingerprint density at radius 2 is 1.93 bits per heavy atom. The fourth-order valence-electron chi connectivity index (χ4n) is 5.99. The topological polar surface area (TPSA) is 116 Å². The molecule has 2 saturated carbocycles. The van der Waals surface area contributed by atoms with Crippen molar-refractivity contribution in [3.8, 4) is 22.4 Å². The molecule has 40 heavy (non-hydrogen) atoms. The highest BCUT2D eigenvalue weighted by Crippen LogP contribution is 2.41. The summed E-state index contributed by atoms with van der Waals surface area (Å²) in [6.07, 6.45) is 8.57. The maximum atomic E-state index is 13.9. The molecule has 0 spiro atoms. The second-order valence-corrected chi connectivity index (χ2v) is 11.9. The number of rotatable bonds is 9. The number of benzene rings is 1. The maximum absolute atomic E-state index is 13.9. The smallest absolute Gasteiger partial charge is 0.321 e. The number of carboxylic acid groups (broad SMARTS) is 1. The van der Waals surface area contributed by atoms with E-state index in [1.54, 1.807) is 16.8 Å². The molecule has 1 unspecified atom stereocenters. The van der Waals surface area contributed by atoms with E-state index in [0.717, 1.165) is 72.3 Å². The number of urea groups is 1. The van der Waals surface area contributed by atoms with Gasteiger partial charge in [-0.2, -0.15) is 0 Å². The molecule has 3 amide bonds. The number of pyridine rings is 1. The third-order valence-electron chi connectivity index (χ3n) is 8.24. The summed E-state index contributed by atoms with van der Waals surface area (Å²) in [4.78, 5) is 50.7. The molecule has 1 aromatic carbocycles. The van der Waals surface area contributed by atoms with E-state index in [0.29, 0.717) is 24.0 Å². The van der Waals surface area contributed by atoms with Gasteiger partial charge in [-0.3, -0.25) is 24.4 Å². The van der Waals surface area contributed by atoms with Gasteiger partial charge >= 0.3 is 12.0 Å². The summed E-state index contributed by atoms with van der Waals surface area (Å²) in [5.74, 6) is -1.14. The Kier molecular flexibility index (Phi) is 7.27. The Hall–Kier alpha value is -3.79. The summed E-state index contributed by atoms with van der Waals surface area (Å²) >= 11 is 1.43. The van der Waals surface area contributed by atoms with Gasteiger partial charge in [0.05, 0.1) is 30.0 Å². The molecule has 208 valence electrons. The predicted molar refractivity (Wildman–Crippen MR) is 154 cm³/mol. The lowest BCUT2D eigenvalue weighted by molar-refractivity contribution is -0.141. The highest BCUT2D eigenvalue weighted by Gasteiger charge is 2.40. The summed E-state index contributed by atoms with van der Waals surface area (Å²) in [6.45, 7) is 0.393. The first-order valence-corrected chi connectivity index (χ1v) is 14.9. The highest BCUT2D eigenvalue weighted by molar-refractivity contribution is 7.14. The molecule has 2 aliphatic carbocycles. The molecule has 1 atom stereocenters. The molecule has 3 heterocycles. The lowest BCUT2D eigenvalue weighted by Crippen LogP contribution is -2.42. The average molecular weight is 560 g/mol. The number of carbonyl (C=O) groups excluding carboxylic acids is 2. The number of fused-ring (bicyclic) bond motifs is 1. The minimum Gasteiger partial charge on any atom is -0.481 e. The van der Waals surface area contributed by atoms with Crippen LogP contribution < -0.4 is 15.1 Å². The lowest BCUT2D eigenvalue weighted by Gasteiger charge is -2.26. The van der Waals surface area contributed by atoms with Crippen LogP contribution in [0.4, 0.5) is 15.6 Å². The third-order valence-corrected chi connectivity index (χ3v) is 9.08. The quantitative estimate of drug-likeness (QED) is 0.348. The molecule has 2 N–H and O–H groups in total. The van der Waals surface area contributed by atoms with Crippen molar-refractivity contribution in [3.05, 3.63) is 47.6 Å². The van der Waals surface area contributed by atoms with E-state index in [1.807, 2.05) is 41.9 Å². The van der Waals surface area contributed by atoms with E-state index in [9.17, 15) is 19.5 Å². The average Bonchev–Trinajstić information content (AvgIpc) is 3.42. The molecular formula is C30H33N5O4S. The van der Waals surface area contributed by atoms with Crippen molar-refractivity contribution in [2.24, 2.45) is 11.8 Å². The summed E-state index contributed by atoms with van der Waals surface area (Å²) in [5.41, 5.74) is 5.05. The van der Waals surface area contributed by atoms with Gasteiger partial charge in [-0.25, -0.2) is 9.78 Å². The van der Waals surface area contributed by atoms with Crippen LogP contribution in [0.2, 0.25) is 0 Å². The molecule has 6 rings (SSSR count). The van der Waals surface area contributed by atoms with Gasteiger partial charge in [-0.15, -0.1) is 11.3 Å². The van der Waals surface area contributed by atoms with Gasteiger partial charge in [-0.05, 0) is 36.8 Å². The van der Waals surface area contributed by atoms with Gasteiger partial charge in [0.25, 0.3) is 0 Å². The van der Waals surface area contributed by atoms with Crippen LogP contribution in [0.5, 0.6) is 0 Å². The van der Waals surface area contributed by atoms with E-state index in [4.69, 9.17) is 4.98 Å². The zero-order valence-electron chi connectivity index (χ0n) is 22.5. The van der Waals surface area contributed by atoms with E-state index in [-0.39, 0.29) is 24.4 Å². The summed E-state index contributed by atoms with van der Waals surface area (Å²) < 4.78 is 0. The normalized spacial score (nSPS) is 17.8. The molecule has 1 aliphatic heterocycles. The van der Waals surface area contributed by atoms with Crippen molar-refractivity contribution in [2.75, 3.05) is 16.8 Å². The molecule has 2 aromatic heterocycles. The molecule has 3 aliphatic rings. The van der Waals surface area contributed by atoms with E-state index in [1.165, 1.54) is 11.3 Å². The van der Waals surface area contributed by atoms with Crippen molar-refractivity contribution >= 4 is 40.1 Å². The van der Waals surface area contributed by atoms with Crippen molar-refractivity contribution < 1.29 is 19.5 Å². The number of nitrogens with one attached hydrogen (secondary N) is 1. The Bertz CT molecular complexity index is 1450. The summed E-state index contributed by atoms with van der Waals surface area (Å²) in [6, 6.07) is 9.82. The largest absolute Gasteiger partial charge is 0.481 e. The van der Waals surface area contributed by atoms with Crippen molar-refractivity contribution in [1.82, 2.24) is 15.3 Å². The summed E-state index contributed by atoms with van der Waals surface area (Å²) in [7, 11) is 1.73. The molecule has 0 radical (unpaired) electrons. The molecule has 9 nitrogen and oxygen atoms in total. The fraction of sp³-hybridized carbons (Fsp3) is 0.433. The number of aliphatic carboxylic acids is 1. The minimum absolute atomic E-state index is 0.0770. The third kappa shape index (κ3) is 5.32. The van der Waals surface area contributed by atoms with Crippen LogP contribution in [0.1, 0.15) is 57.1 Å². The number of amides is 3. The van der Waals surface area contributed by atoms with Gasteiger partial charge in [-0.1, -0.05) is 49.9 Å². The van der Waals surface area contributed by atoms with Crippen LogP contribution >= 0.6 is 11.3 Å². The SMILES string of the molecule is CN1C(=O)NCc2ncc(-c3ccccc3-c3csc(N(C(=O)C(CC(=O)O)CC4CCCC4)C4CC4)n3)cc21. The van der Waals surface area contributed by atoms with Gasteiger partial charge in [0.1, 0.15) is 0 Å². The van der Waals surface area contributed by atoms with Crippen molar-refractivity contribution in [3.63, 3.8) is 0 Å². The number of hydrogen-bond donors (Lipinski definition) is 2. The van der Waals surface area contributed by atoms with Crippen molar-refractivity contribution in [1.29, 1.82) is 0 Å². The molecular weight excluding hydrogens is 526 g/mol. The van der Waals surface area contributed by atoms with Crippen LogP contribution in [-0.4, -0.2) is 46.1 Å². The number of hydrogen-bond acceptors (Lipinski definition) is 6. The number of aromatic nitrogens is 2. The lowest BCUT2D eigenvalue weighted by atomic mass is 9.90. The van der Waals surface area contributed by atoms with Gasteiger partial charge in [0.2, 0.25) is 5.91 Å². The molecule has 3 aromatic rings. The maximum Gasteiger partial charge on any atom is 0.321 e. The molecule has 2 fully saturated rings. The first-order chi connectivity index (χ1) is 19.4. The Labute approximate surface area is 237 Å².